The normalized spacial score (nSPS) is 32.4. The summed E-state index contributed by atoms with van der Waals surface area (Å²) in [4.78, 5) is 12.1. The van der Waals surface area contributed by atoms with Crippen LogP contribution in [0.3, 0.4) is 0 Å². The molecule has 3 aliphatic rings. The Morgan fingerprint density at radius 3 is 2.43 bits per heavy atom. The molecule has 0 saturated heterocycles. The summed E-state index contributed by atoms with van der Waals surface area (Å²) < 4.78 is 34.6. The molecule has 5 nitrogen and oxygen atoms in total. The average Bonchev–Trinajstić information content (AvgIpc) is 2.89. The fourth-order valence-corrected chi connectivity index (χ4v) is 6.73. The van der Waals surface area contributed by atoms with E-state index in [4.69, 9.17) is 0 Å². The predicted octanol–water partition coefficient (Wildman–Crippen LogP) is 6.15. The van der Waals surface area contributed by atoms with Gasteiger partial charge in [0.15, 0.2) is 0 Å². The van der Waals surface area contributed by atoms with Gasteiger partial charge in [0, 0.05) is 0 Å². The van der Waals surface area contributed by atoms with E-state index in [1.807, 2.05) is 34.6 Å². The molecule has 0 spiro atoms. The summed E-state index contributed by atoms with van der Waals surface area (Å²) in [6.07, 6.45) is 8.91. The van der Waals surface area contributed by atoms with E-state index < -0.39 is 26.9 Å². The zero-order valence-corrected chi connectivity index (χ0v) is 20.1. The molecule has 3 aliphatic carbocycles. The van der Waals surface area contributed by atoms with E-state index >= 15 is 0 Å². The molecule has 2 N–H and O–H groups in total. The molecule has 0 bridgehead atoms. The van der Waals surface area contributed by atoms with Crippen molar-refractivity contribution in [3.63, 3.8) is 0 Å². The molecule has 0 aromatic heterocycles. The number of fused-ring (bicyclic) bond motifs is 3. The van der Waals surface area contributed by atoms with E-state index in [1.54, 1.807) is 6.08 Å². The fraction of sp³-hybridized carbons (Fsp3) is 0.708. The van der Waals surface area contributed by atoms with Crippen LogP contribution in [0.2, 0.25) is 0 Å². The highest BCUT2D eigenvalue weighted by Gasteiger charge is 2.56. The molecule has 0 aromatic rings. The van der Waals surface area contributed by atoms with Crippen LogP contribution < -0.4 is 0 Å². The Kier molecular flexibility index (Phi) is 7.45. The van der Waals surface area contributed by atoms with Gasteiger partial charge in [0.25, 0.3) is 10.1 Å². The first-order valence-corrected chi connectivity index (χ1v) is 12.7. The summed E-state index contributed by atoms with van der Waals surface area (Å²) in [5.74, 6) is -0.775. The van der Waals surface area contributed by atoms with E-state index in [0.717, 1.165) is 48.8 Å². The van der Waals surface area contributed by atoms with Gasteiger partial charge in [-0.15, -0.1) is 0 Å². The molecule has 2 saturated carbocycles. The molecule has 30 heavy (non-hydrogen) atoms. The Morgan fingerprint density at radius 2 is 1.90 bits per heavy atom. The van der Waals surface area contributed by atoms with Gasteiger partial charge in [0.2, 0.25) is 0 Å². The summed E-state index contributed by atoms with van der Waals surface area (Å²) >= 11 is 0. The maximum Gasteiger partial charge on any atom is 0.309 e. The summed E-state index contributed by atoms with van der Waals surface area (Å²) in [6, 6.07) is 0. The summed E-state index contributed by atoms with van der Waals surface area (Å²) in [6.45, 7) is 11.9. The smallest absolute Gasteiger partial charge is 0.309 e. The molecule has 0 amide bonds. The molecule has 0 radical (unpaired) electrons. The highest BCUT2D eigenvalue weighted by molar-refractivity contribution is 7.90. The van der Waals surface area contributed by atoms with Gasteiger partial charge in [-0.25, -0.2) is 0 Å². The van der Waals surface area contributed by atoms with Crippen molar-refractivity contribution in [1.82, 2.24) is 0 Å². The second-order valence-electron chi connectivity index (χ2n) is 9.25. The van der Waals surface area contributed by atoms with Gasteiger partial charge in [-0.1, -0.05) is 47.1 Å². The van der Waals surface area contributed by atoms with Gasteiger partial charge in [0.05, 0.1) is 10.3 Å². The Balaban J connectivity index is 0.00000155. The Bertz CT molecular complexity index is 879. The first-order chi connectivity index (χ1) is 13.9. The van der Waals surface area contributed by atoms with Crippen LogP contribution in [0.1, 0.15) is 86.5 Å². The van der Waals surface area contributed by atoms with Gasteiger partial charge >= 0.3 is 5.97 Å². The largest absolute Gasteiger partial charge is 0.481 e. The third-order valence-electron chi connectivity index (χ3n) is 7.73. The summed E-state index contributed by atoms with van der Waals surface area (Å²) in [5.41, 5.74) is 1.56. The number of carboxylic acid groups (broad SMARTS) is 1. The minimum Gasteiger partial charge on any atom is -0.481 e. The first-order valence-electron chi connectivity index (χ1n) is 11.3. The van der Waals surface area contributed by atoms with Crippen molar-refractivity contribution >= 4 is 16.1 Å². The molecule has 0 heterocycles. The minimum atomic E-state index is -4.36. The quantitative estimate of drug-likeness (QED) is 0.514. The van der Waals surface area contributed by atoms with Gasteiger partial charge in [0.1, 0.15) is 0 Å². The van der Waals surface area contributed by atoms with E-state index in [9.17, 15) is 22.9 Å². The van der Waals surface area contributed by atoms with Crippen LogP contribution in [-0.4, -0.2) is 24.0 Å². The lowest BCUT2D eigenvalue weighted by molar-refractivity contribution is -0.159. The first kappa shape index (κ1) is 24.9. The molecule has 0 aromatic carbocycles. The van der Waals surface area contributed by atoms with Crippen molar-refractivity contribution in [2.75, 3.05) is 0 Å². The maximum atomic E-state index is 12.3. The second-order valence-corrected chi connectivity index (χ2v) is 10.6. The molecule has 4 atom stereocenters. The van der Waals surface area contributed by atoms with Crippen molar-refractivity contribution in [3.8, 4) is 0 Å². The number of rotatable bonds is 4. The zero-order chi connectivity index (χ0) is 22.9. The van der Waals surface area contributed by atoms with Crippen LogP contribution >= 0.6 is 0 Å². The second kappa shape index (κ2) is 8.99. The van der Waals surface area contributed by atoms with E-state index in [1.165, 1.54) is 0 Å². The molecule has 4 unspecified atom stereocenters. The van der Waals surface area contributed by atoms with Crippen molar-refractivity contribution in [2.24, 2.45) is 22.7 Å². The van der Waals surface area contributed by atoms with Crippen LogP contribution in [0.4, 0.5) is 0 Å². The monoisotopic (exact) mass is 438 g/mol. The lowest BCUT2D eigenvalue weighted by Crippen LogP contribution is -2.50. The highest BCUT2D eigenvalue weighted by Crippen LogP contribution is 2.61. The van der Waals surface area contributed by atoms with Gasteiger partial charge in [-0.3, -0.25) is 9.35 Å². The summed E-state index contributed by atoms with van der Waals surface area (Å²) in [7, 11) is -4.36. The van der Waals surface area contributed by atoms with Crippen LogP contribution in [0.25, 0.3) is 0 Å². The lowest BCUT2D eigenvalue weighted by Gasteiger charge is -2.54. The van der Waals surface area contributed by atoms with Crippen molar-refractivity contribution in [2.45, 2.75) is 86.5 Å². The van der Waals surface area contributed by atoms with Crippen LogP contribution in [0.5, 0.6) is 0 Å². The number of aliphatic carboxylic acids is 1. The van der Waals surface area contributed by atoms with Gasteiger partial charge < -0.3 is 5.11 Å². The van der Waals surface area contributed by atoms with Crippen molar-refractivity contribution < 1.29 is 22.9 Å². The Morgan fingerprint density at radius 1 is 1.27 bits per heavy atom. The third-order valence-corrected chi connectivity index (χ3v) is 8.66. The number of hydrogen-bond acceptors (Lipinski definition) is 3. The Hall–Kier alpha value is -1.40. The number of allylic oxidation sites excluding steroid dienone is 5. The molecule has 0 aliphatic heterocycles. The number of carbonyl (C=O) groups is 1. The number of carboxylic acids is 1. The molecule has 2 fully saturated rings. The minimum absolute atomic E-state index is 0.0209. The average molecular weight is 439 g/mol. The van der Waals surface area contributed by atoms with Gasteiger partial charge in [-0.2, -0.15) is 8.42 Å². The van der Waals surface area contributed by atoms with E-state index in [-0.39, 0.29) is 16.7 Å². The van der Waals surface area contributed by atoms with Crippen LogP contribution in [0, 0.1) is 22.7 Å². The Labute approximate surface area is 182 Å². The zero-order valence-electron chi connectivity index (χ0n) is 19.3. The standard InChI is InChI=1S/C22H32O5S.C2H6/c1-5-14(2)16-9-7-15-8-10-19-21(3,11-6-12-22(19,4)20(23)24)17(15)13-18(16)28(25,26)27;1-2/h7,13-14,19H,5-6,8-12H2,1-4H3,(H,23,24)(H,25,26,27);1-2H3. The molecule has 170 valence electrons. The van der Waals surface area contributed by atoms with Crippen LogP contribution in [0.15, 0.2) is 33.8 Å². The van der Waals surface area contributed by atoms with Crippen LogP contribution in [-0.2, 0) is 14.9 Å². The maximum absolute atomic E-state index is 12.3. The third kappa shape index (κ3) is 4.18. The highest BCUT2D eigenvalue weighted by atomic mass is 32.2. The predicted molar refractivity (Wildman–Crippen MR) is 121 cm³/mol. The van der Waals surface area contributed by atoms with E-state index in [0.29, 0.717) is 12.8 Å². The fourth-order valence-electron chi connectivity index (χ4n) is 5.85. The number of hydrogen-bond donors (Lipinski definition) is 2. The van der Waals surface area contributed by atoms with Crippen molar-refractivity contribution in [1.29, 1.82) is 0 Å². The molecular formula is C24H38O5S. The molecule has 6 heteroatoms. The van der Waals surface area contributed by atoms with E-state index in [2.05, 4.69) is 13.0 Å². The van der Waals surface area contributed by atoms with Crippen molar-refractivity contribution in [3.05, 3.63) is 33.8 Å². The molecule has 3 rings (SSSR count). The molecular weight excluding hydrogens is 400 g/mol. The lowest BCUT2D eigenvalue weighted by atomic mass is 9.49. The topological polar surface area (TPSA) is 91.7 Å². The van der Waals surface area contributed by atoms with Gasteiger partial charge in [-0.05, 0) is 85.5 Å². The summed E-state index contributed by atoms with van der Waals surface area (Å²) in [5, 5.41) is 9.95. The SMILES string of the molecule is CC.CCC(C)C1=C(S(=O)(=O)O)C=C2C(=CC1)CCC1C(C)(C(=O)O)CCCC21C.